The van der Waals surface area contributed by atoms with Gasteiger partial charge in [-0.1, -0.05) is 48.5 Å². The van der Waals surface area contributed by atoms with Crippen LogP contribution in [0.3, 0.4) is 0 Å². The van der Waals surface area contributed by atoms with Gasteiger partial charge in [0.25, 0.3) is 5.91 Å². The van der Waals surface area contributed by atoms with Crippen molar-refractivity contribution in [2.45, 2.75) is 57.7 Å². The molecule has 3 rings (SSSR count). The van der Waals surface area contributed by atoms with E-state index >= 15 is 0 Å². The van der Waals surface area contributed by atoms with Crippen molar-refractivity contribution in [3.63, 3.8) is 0 Å². The predicted molar refractivity (Wildman–Crippen MR) is 136 cm³/mol. The number of amides is 2. The number of nitrogens with zero attached hydrogens (tertiary/aromatic N) is 1. The molecule has 0 aliphatic heterocycles. The van der Waals surface area contributed by atoms with E-state index < -0.39 is 6.04 Å². The lowest BCUT2D eigenvalue weighted by Gasteiger charge is -2.31. The first kappa shape index (κ1) is 25.1. The summed E-state index contributed by atoms with van der Waals surface area (Å²) in [6.45, 7) is 1.75. The maximum Gasteiger partial charge on any atom is 0.261 e. The van der Waals surface area contributed by atoms with Crippen LogP contribution >= 0.6 is 45.8 Å². The third kappa shape index (κ3) is 7.25. The quantitative estimate of drug-likeness (QED) is 0.394. The Morgan fingerprint density at radius 1 is 1.12 bits per heavy atom. The maximum absolute atomic E-state index is 13.2. The minimum absolute atomic E-state index is 0.162. The van der Waals surface area contributed by atoms with E-state index in [1.807, 2.05) is 24.3 Å². The summed E-state index contributed by atoms with van der Waals surface area (Å²) in [7, 11) is 0. The van der Waals surface area contributed by atoms with Gasteiger partial charge in [0.05, 0.1) is 0 Å². The first-order chi connectivity index (χ1) is 15.3. The van der Waals surface area contributed by atoms with Crippen LogP contribution < -0.4 is 10.1 Å². The van der Waals surface area contributed by atoms with Crippen LogP contribution in [0.2, 0.25) is 10.0 Å². The molecule has 0 bridgehead atoms. The average molecular weight is 589 g/mol. The minimum Gasteiger partial charge on any atom is -0.484 e. The van der Waals surface area contributed by atoms with Crippen molar-refractivity contribution in [1.29, 1.82) is 0 Å². The molecule has 1 aliphatic rings. The number of benzene rings is 2. The van der Waals surface area contributed by atoms with Crippen molar-refractivity contribution < 1.29 is 14.3 Å². The van der Waals surface area contributed by atoms with Crippen molar-refractivity contribution >= 4 is 57.6 Å². The molecule has 0 spiro atoms. The number of nitrogens with one attached hydrogen (secondary N) is 1. The van der Waals surface area contributed by atoms with Crippen LogP contribution in [0.25, 0.3) is 0 Å². The maximum atomic E-state index is 13.2. The van der Waals surface area contributed by atoms with Gasteiger partial charge in [-0.05, 0) is 84.3 Å². The number of rotatable bonds is 8. The Balaban J connectivity index is 1.73. The second-order valence-corrected chi connectivity index (χ2v) is 10.1. The zero-order valence-electron chi connectivity index (χ0n) is 18.0. The number of hydrogen-bond donors (Lipinski definition) is 1. The summed E-state index contributed by atoms with van der Waals surface area (Å²) in [4.78, 5) is 27.7. The Kier molecular flexibility index (Phi) is 9.49. The lowest BCUT2D eigenvalue weighted by molar-refractivity contribution is -0.142. The van der Waals surface area contributed by atoms with Crippen LogP contribution in [-0.2, 0) is 16.1 Å². The van der Waals surface area contributed by atoms with Crippen LogP contribution in [0.4, 0.5) is 0 Å². The lowest BCUT2D eigenvalue weighted by atomic mass is 9.95. The normalized spacial score (nSPS) is 15.1. The molecule has 32 heavy (non-hydrogen) atoms. The monoisotopic (exact) mass is 588 g/mol. The minimum atomic E-state index is -0.670. The molecule has 0 heterocycles. The van der Waals surface area contributed by atoms with E-state index in [0.717, 1.165) is 34.8 Å². The number of ether oxygens (including phenoxy) is 1. The molecule has 2 aromatic carbocycles. The number of carbonyl (C=O) groups is 2. The highest BCUT2D eigenvalue weighted by Gasteiger charge is 2.29. The van der Waals surface area contributed by atoms with E-state index in [2.05, 4.69) is 27.9 Å². The van der Waals surface area contributed by atoms with E-state index in [9.17, 15) is 9.59 Å². The van der Waals surface area contributed by atoms with Gasteiger partial charge in [-0.2, -0.15) is 0 Å². The topological polar surface area (TPSA) is 58.6 Å². The molecule has 172 valence electrons. The van der Waals surface area contributed by atoms with Crippen LogP contribution in [-0.4, -0.2) is 35.4 Å². The van der Waals surface area contributed by atoms with E-state index in [1.54, 1.807) is 25.1 Å². The molecule has 0 saturated heterocycles. The molecule has 1 fully saturated rings. The van der Waals surface area contributed by atoms with Gasteiger partial charge in [0, 0.05) is 26.2 Å². The molecule has 1 N–H and O–H groups in total. The van der Waals surface area contributed by atoms with Crippen molar-refractivity contribution in [1.82, 2.24) is 10.2 Å². The molecule has 2 amide bonds. The van der Waals surface area contributed by atoms with Crippen LogP contribution in [0.1, 0.15) is 44.6 Å². The fourth-order valence-electron chi connectivity index (χ4n) is 3.74. The van der Waals surface area contributed by atoms with E-state index in [4.69, 9.17) is 27.9 Å². The zero-order valence-corrected chi connectivity index (χ0v) is 21.6. The average Bonchev–Trinajstić information content (AvgIpc) is 2.78. The van der Waals surface area contributed by atoms with Crippen LogP contribution in [0.5, 0.6) is 5.75 Å². The predicted octanol–water partition coefficient (Wildman–Crippen LogP) is 5.84. The fraction of sp³-hybridized carbons (Fsp3) is 0.417. The number of hydrogen-bond acceptors (Lipinski definition) is 3. The number of carbonyl (C=O) groups excluding carboxylic acids is 2. The van der Waals surface area contributed by atoms with E-state index in [1.165, 1.54) is 11.3 Å². The molecule has 0 aromatic heterocycles. The Morgan fingerprint density at radius 2 is 1.81 bits per heavy atom. The smallest absolute Gasteiger partial charge is 0.261 e. The Bertz CT molecular complexity index is 933. The molecular formula is C24H27Cl2IN2O3. The van der Waals surface area contributed by atoms with E-state index in [-0.39, 0.29) is 31.0 Å². The van der Waals surface area contributed by atoms with Crippen molar-refractivity contribution in [3.05, 3.63) is 61.6 Å². The van der Waals surface area contributed by atoms with Crippen molar-refractivity contribution in [2.75, 3.05) is 6.61 Å². The molecule has 1 atom stereocenters. The van der Waals surface area contributed by atoms with Gasteiger partial charge in [0.2, 0.25) is 5.91 Å². The van der Waals surface area contributed by atoms with Crippen LogP contribution in [0.15, 0.2) is 42.5 Å². The molecule has 1 aliphatic carbocycles. The standard InChI is InChI=1S/C24H27Cl2IN2O3/c1-16(24(31)28-20-5-3-2-4-6-20)29(14-17-7-8-18(25)13-22(17)26)23(30)15-32-21-11-9-19(27)10-12-21/h7-13,16,20H,2-6,14-15H2,1H3,(H,28,31)/t16-/m0/s1. The molecule has 0 unspecified atom stereocenters. The molecule has 2 aromatic rings. The van der Waals surface area contributed by atoms with Gasteiger partial charge in [-0.25, -0.2) is 0 Å². The highest BCUT2D eigenvalue weighted by atomic mass is 127. The van der Waals surface area contributed by atoms with Crippen molar-refractivity contribution in [3.8, 4) is 5.75 Å². The van der Waals surface area contributed by atoms with Gasteiger partial charge in [0.15, 0.2) is 6.61 Å². The second-order valence-electron chi connectivity index (χ2n) is 8.02. The summed E-state index contributed by atoms with van der Waals surface area (Å²) < 4.78 is 6.77. The number of halogens is 3. The summed E-state index contributed by atoms with van der Waals surface area (Å²) in [5, 5.41) is 4.08. The van der Waals surface area contributed by atoms with Crippen LogP contribution in [0, 0.1) is 3.57 Å². The highest BCUT2D eigenvalue weighted by Crippen LogP contribution is 2.24. The third-order valence-corrected chi connectivity index (χ3v) is 6.96. The highest BCUT2D eigenvalue weighted by molar-refractivity contribution is 14.1. The Morgan fingerprint density at radius 3 is 2.47 bits per heavy atom. The van der Waals surface area contributed by atoms with Gasteiger partial charge >= 0.3 is 0 Å². The Labute approximate surface area is 212 Å². The summed E-state index contributed by atoms with van der Waals surface area (Å²) in [6.07, 6.45) is 5.40. The molecule has 1 saturated carbocycles. The van der Waals surface area contributed by atoms with Crippen molar-refractivity contribution in [2.24, 2.45) is 0 Å². The van der Waals surface area contributed by atoms with Gasteiger partial charge in [-0.3, -0.25) is 9.59 Å². The lowest BCUT2D eigenvalue weighted by Crippen LogP contribution is -2.51. The molecule has 8 heteroatoms. The summed E-state index contributed by atoms with van der Waals surface area (Å²) >= 11 is 14.6. The molecular weight excluding hydrogens is 562 g/mol. The fourth-order valence-corrected chi connectivity index (χ4v) is 4.57. The molecule has 5 nitrogen and oxygen atoms in total. The third-order valence-electron chi connectivity index (χ3n) is 5.65. The SMILES string of the molecule is C[C@@H](C(=O)NC1CCCCC1)N(Cc1ccc(Cl)cc1Cl)C(=O)COc1ccc(I)cc1. The largest absolute Gasteiger partial charge is 0.484 e. The first-order valence-electron chi connectivity index (χ1n) is 10.8. The zero-order chi connectivity index (χ0) is 23.1. The second kappa shape index (κ2) is 12.1. The first-order valence-corrected chi connectivity index (χ1v) is 12.6. The summed E-state index contributed by atoms with van der Waals surface area (Å²) in [6, 6.07) is 12.1. The van der Waals surface area contributed by atoms with Gasteiger partial charge in [0.1, 0.15) is 11.8 Å². The van der Waals surface area contributed by atoms with Gasteiger partial charge in [-0.15, -0.1) is 0 Å². The Hall–Kier alpha value is -1.51. The summed E-state index contributed by atoms with van der Waals surface area (Å²) in [5.74, 6) is 0.146. The summed E-state index contributed by atoms with van der Waals surface area (Å²) in [5.41, 5.74) is 0.719. The van der Waals surface area contributed by atoms with E-state index in [0.29, 0.717) is 15.8 Å². The van der Waals surface area contributed by atoms with Gasteiger partial charge < -0.3 is 15.0 Å². The molecule has 0 radical (unpaired) electrons.